The zero-order valence-electron chi connectivity index (χ0n) is 10.8. The van der Waals surface area contributed by atoms with Gasteiger partial charge in [0, 0.05) is 39.3 Å². The van der Waals surface area contributed by atoms with Crippen LogP contribution in [0.2, 0.25) is 0 Å². The van der Waals surface area contributed by atoms with Gasteiger partial charge in [-0.25, -0.2) is 0 Å². The van der Waals surface area contributed by atoms with Crippen molar-refractivity contribution in [1.29, 1.82) is 0 Å². The minimum atomic E-state index is 0.814. The van der Waals surface area contributed by atoms with Gasteiger partial charge in [-0.2, -0.15) is 0 Å². The van der Waals surface area contributed by atoms with Crippen LogP contribution in [0.5, 0.6) is 0 Å². The summed E-state index contributed by atoms with van der Waals surface area (Å²) in [6.45, 7) is 9.00. The molecule has 0 rings (SSSR count). The number of ether oxygens (including phenoxy) is 1. The van der Waals surface area contributed by atoms with E-state index >= 15 is 0 Å². The Morgan fingerprint density at radius 1 is 1.00 bits per heavy atom. The van der Waals surface area contributed by atoms with E-state index < -0.39 is 0 Å². The highest BCUT2D eigenvalue weighted by Crippen LogP contribution is 1.82. The highest BCUT2D eigenvalue weighted by Gasteiger charge is 1.97. The summed E-state index contributed by atoms with van der Waals surface area (Å²) in [4.78, 5) is 4.48. The van der Waals surface area contributed by atoms with E-state index in [1.165, 1.54) is 0 Å². The van der Waals surface area contributed by atoms with E-state index in [0.717, 1.165) is 45.9 Å². The van der Waals surface area contributed by atoms with Gasteiger partial charge in [0.2, 0.25) is 0 Å². The molecule has 15 heavy (non-hydrogen) atoms. The van der Waals surface area contributed by atoms with Gasteiger partial charge < -0.3 is 19.9 Å². The lowest BCUT2D eigenvalue weighted by atomic mass is 10.5. The van der Waals surface area contributed by atoms with Crippen molar-refractivity contribution in [1.82, 2.24) is 15.1 Å². The minimum absolute atomic E-state index is 0.814. The van der Waals surface area contributed by atoms with Gasteiger partial charge in [0.1, 0.15) is 0 Å². The minimum Gasteiger partial charge on any atom is -0.380 e. The molecule has 0 aromatic carbocycles. The molecule has 0 atom stereocenters. The molecule has 0 fully saturated rings. The molecule has 0 unspecified atom stereocenters. The Balaban J connectivity index is 3.13. The molecular weight excluding hydrogens is 190 g/mol. The molecule has 0 spiro atoms. The van der Waals surface area contributed by atoms with Gasteiger partial charge in [-0.1, -0.05) is 0 Å². The van der Waals surface area contributed by atoms with E-state index in [4.69, 9.17) is 4.74 Å². The largest absolute Gasteiger partial charge is 0.380 e. The summed E-state index contributed by atoms with van der Waals surface area (Å²) in [6.07, 6.45) is 0. The van der Waals surface area contributed by atoms with Crippen LogP contribution in [0.3, 0.4) is 0 Å². The summed E-state index contributed by atoms with van der Waals surface area (Å²) in [5.41, 5.74) is 0. The smallest absolute Gasteiger partial charge is 0.0593 e. The van der Waals surface area contributed by atoms with Gasteiger partial charge >= 0.3 is 0 Å². The summed E-state index contributed by atoms with van der Waals surface area (Å²) in [5, 5.41) is 3.41. The van der Waals surface area contributed by atoms with Crippen LogP contribution in [-0.4, -0.2) is 76.9 Å². The molecule has 0 amide bonds. The number of rotatable bonds is 10. The van der Waals surface area contributed by atoms with Crippen LogP contribution < -0.4 is 5.32 Å². The van der Waals surface area contributed by atoms with Gasteiger partial charge in [-0.3, -0.25) is 0 Å². The maximum atomic E-state index is 5.29. The van der Waals surface area contributed by atoms with Crippen molar-refractivity contribution in [2.24, 2.45) is 0 Å². The van der Waals surface area contributed by atoms with Gasteiger partial charge in [0.05, 0.1) is 6.61 Å². The lowest BCUT2D eigenvalue weighted by Crippen LogP contribution is -2.34. The molecule has 0 heterocycles. The summed E-state index contributed by atoms with van der Waals surface area (Å²) < 4.78 is 5.29. The molecule has 4 heteroatoms. The molecule has 0 aliphatic heterocycles. The zero-order valence-corrected chi connectivity index (χ0v) is 10.8. The Morgan fingerprint density at radius 2 is 1.67 bits per heavy atom. The van der Waals surface area contributed by atoms with Crippen molar-refractivity contribution in [3.8, 4) is 0 Å². The second-order valence-corrected chi connectivity index (χ2v) is 4.05. The molecule has 0 bridgehead atoms. The second kappa shape index (κ2) is 10.4. The number of nitrogens with zero attached hydrogens (tertiary/aromatic N) is 2. The van der Waals surface area contributed by atoms with Crippen LogP contribution >= 0.6 is 0 Å². The quantitative estimate of drug-likeness (QED) is 0.526. The number of likely N-dealkylation sites (N-methyl/N-ethyl adjacent to an activating group) is 2. The van der Waals surface area contributed by atoms with Crippen molar-refractivity contribution < 1.29 is 4.74 Å². The molecule has 0 saturated carbocycles. The molecule has 1 N–H and O–H groups in total. The van der Waals surface area contributed by atoms with Crippen molar-refractivity contribution >= 4 is 0 Å². The molecule has 0 saturated heterocycles. The van der Waals surface area contributed by atoms with Crippen molar-refractivity contribution in [2.75, 3.05) is 67.1 Å². The standard InChI is InChI=1S/C11H27N3O/c1-5-15-11-10-14(4)9-7-12-6-8-13(2)3/h12H,5-11H2,1-4H3. The molecular formula is C11H27N3O. The fourth-order valence-corrected chi connectivity index (χ4v) is 1.17. The van der Waals surface area contributed by atoms with Crippen LogP contribution in [0.25, 0.3) is 0 Å². The van der Waals surface area contributed by atoms with Crippen molar-refractivity contribution in [3.05, 3.63) is 0 Å². The molecule has 0 aliphatic rings. The topological polar surface area (TPSA) is 27.7 Å². The first kappa shape index (κ1) is 14.8. The van der Waals surface area contributed by atoms with Gasteiger partial charge in [0.15, 0.2) is 0 Å². The first-order valence-electron chi connectivity index (χ1n) is 5.78. The van der Waals surface area contributed by atoms with E-state index in [2.05, 4.69) is 36.3 Å². The number of hydrogen-bond acceptors (Lipinski definition) is 4. The van der Waals surface area contributed by atoms with Crippen LogP contribution in [0.15, 0.2) is 0 Å². The SMILES string of the molecule is CCOCCN(C)CCNCCN(C)C. The highest BCUT2D eigenvalue weighted by molar-refractivity contribution is 4.55. The van der Waals surface area contributed by atoms with E-state index in [-0.39, 0.29) is 0 Å². The maximum Gasteiger partial charge on any atom is 0.0593 e. The number of hydrogen-bond donors (Lipinski definition) is 1. The molecule has 0 radical (unpaired) electrons. The fraction of sp³-hybridized carbons (Fsp3) is 1.00. The van der Waals surface area contributed by atoms with Gasteiger partial charge in [-0.05, 0) is 28.1 Å². The van der Waals surface area contributed by atoms with Crippen molar-refractivity contribution in [3.63, 3.8) is 0 Å². The average molecular weight is 217 g/mol. The summed E-state index contributed by atoms with van der Waals surface area (Å²) in [5.74, 6) is 0. The van der Waals surface area contributed by atoms with E-state index in [1.54, 1.807) is 0 Å². The Labute approximate surface area is 94.6 Å². The van der Waals surface area contributed by atoms with Crippen LogP contribution in [0.4, 0.5) is 0 Å². The third-order valence-electron chi connectivity index (χ3n) is 2.23. The van der Waals surface area contributed by atoms with Gasteiger partial charge in [-0.15, -0.1) is 0 Å². The third kappa shape index (κ3) is 11.8. The van der Waals surface area contributed by atoms with Crippen LogP contribution in [0, 0.1) is 0 Å². The Kier molecular flexibility index (Phi) is 10.3. The maximum absolute atomic E-state index is 5.29. The zero-order chi connectivity index (χ0) is 11.5. The van der Waals surface area contributed by atoms with Gasteiger partial charge in [0.25, 0.3) is 0 Å². The van der Waals surface area contributed by atoms with E-state index in [9.17, 15) is 0 Å². The van der Waals surface area contributed by atoms with Crippen LogP contribution in [0.1, 0.15) is 6.92 Å². The Morgan fingerprint density at radius 3 is 2.27 bits per heavy atom. The lowest BCUT2D eigenvalue weighted by Gasteiger charge is -2.17. The lowest BCUT2D eigenvalue weighted by molar-refractivity contribution is 0.122. The molecule has 4 nitrogen and oxygen atoms in total. The predicted octanol–water partition coefficient (Wildman–Crippen LogP) is 0.106. The monoisotopic (exact) mass is 217 g/mol. The first-order chi connectivity index (χ1) is 7.16. The molecule has 92 valence electrons. The average Bonchev–Trinajstić information content (AvgIpc) is 2.17. The van der Waals surface area contributed by atoms with Crippen molar-refractivity contribution in [2.45, 2.75) is 6.92 Å². The number of nitrogens with one attached hydrogen (secondary N) is 1. The summed E-state index contributed by atoms with van der Waals surface area (Å²) in [6, 6.07) is 0. The first-order valence-corrected chi connectivity index (χ1v) is 5.78. The molecule has 0 aliphatic carbocycles. The second-order valence-electron chi connectivity index (χ2n) is 4.05. The van der Waals surface area contributed by atoms with E-state index in [1.807, 2.05) is 6.92 Å². The molecule has 0 aromatic rings. The van der Waals surface area contributed by atoms with E-state index in [0.29, 0.717) is 0 Å². The Bertz CT molecular complexity index is 131. The normalized spacial score (nSPS) is 11.6. The Hall–Kier alpha value is -0.160. The fourth-order valence-electron chi connectivity index (χ4n) is 1.17. The predicted molar refractivity (Wildman–Crippen MR) is 65.4 cm³/mol. The molecule has 0 aromatic heterocycles. The summed E-state index contributed by atoms with van der Waals surface area (Å²) in [7, 11) is 6.32. The third-order valence-corrected chi connectivity index (χ3v) is 2.23. The summed E-state index contributed by atoms with van der Waals surface area (Å²) >= 11 is 0. The highest BCUT2D eigenvalue weighted by atomic mass is 16.5. The van der Waals surface area contributed by atoms with Crippen LogP contribution in [-0.2, 0) is 4.74 Å².